The number of rotatable bonds is 7. The molecular weight excluding hydrogens is 277 g/mol. The summed E-state index contributed by atoms with van der Waals surface area (Å²) in [5, 5.41) is 8.30. The van der Waals surface area contributed by atoms with Crippen LogP contribution in [0.15, 0.2) is 23.1 Å². The number of carboxylic acid groups (broad SMARTS) is 1. The average Bonchev–Trinajstić information content (AvgIpc) is 2.31. The van der Waals surface area contributed by atoms with Gasteiger partial charge in [0.2, 0.25) is 10.0 Å². The van der Waals surface area contributed by atoms with Crippen LogP contribution >= 0.6 is 0 Å². The Morgan fingerprint density at radius 1 is 1.47 bits per heavy atom. The van der Waals surface area contributed by atoms with Crippen molar-refractivity contribution in [2.75, 3.05) is 19.8 Å². The summed E-state index contributed by atoms with van der Waals surface area (Å²) in [6, 6.07) is 3.58. The number of hydrogen-bond acceptors (Lipinski definition) is 4. The van der Waals surface area contributed by atoms with Crippen LogP contribution in [0.3, 0.4) is 0 Å². The first-order valence-corrected chi connectivity index (χ1v) is 6.86. The fourth-order valence-corrected chi connectivity index (χ4v) is 2.26. The molecule has 1 aromatic carbocycles. The van der Waals surface area contributed by atoms with Crippen LogP contribution in [0.4, 0.5) is 4.39 Å². The lowest BCUT2D eigenvalue weighted by molar-refractivity contribution is -0.142. The summed E-state index contributed by atoms with van der Waals surface area (Å²) in [5.41, 5.74) is 0.351. The Morgan fingerprint density at radius 3 is 2.74 bits per heavy atom. The molecule has 0 aromatic heterocycles. The van der Waals surface area contributed by atoms with Gasteiger partial charge in [-0.25, -0.2) is 22.3 Å². The van der Waals surface area contributed by atoms with Gasteiger partial charge in [0.15, 0.2) is 0 Å². The molecule has 0 bridgehead atoms. The van der Waals surface area contributed by atoms with Crippen LogP contribution in [-0.2, 0) is 19.6 Å². The Labute approximate surface area is 110 Å². The van der Waals surface area contributed by atoms with Crippen molar-refractivity contribution in [2.45, 2.75) is 11.8 Å². The second-order valence-electron chi connectivity index (χ2n) is 3.76. The highest BCUT2D eigenvalue weighted by Gasteiger charge is 2.14. The topological polar surface area (TPSA) is 92.7 Å². The standard InChI is InChI=1S/C11H14FNO5S/c1-8-2-3-9(6-10(8)12)19(16,17)13-4-5-18-7-11(14)15/h2-3,6,13H,4-5,7H2,1H3,(H,14,15). The van der Waals surface area contributed by atoms with Crippen LogP contribution in [0.1, 0.15) is 5.56 Å². The maximum atomic E-state index is 13.3. The smallest absolute Gasteiger partial charge is 0.329 e. The number of nitrogens with one attached hydrogen (secondary N) is 1. The molecule has 19 heavy (non-hydrogen) atoms. The first-order valence-electron chi connectivity index (χ1n) is 5.38. The summed E-state index contributed by atoms with van der Waals surface area (Å²) >= 11 is 0. The lowest BCUT2D eigenvalue weighted by atomic mass is 10.2. The highest BCUT2D eigenvalue weighted by molar-refractivity contribution is 7.89. The van der Waals surface area contributed by atoms with Gasteiger partial charge >= 0.3 is 5.97 Å². The van der Waals surface area contributed by atoms with Gasteiger partial charge in [0.25, 0.3) is 0 Å². The Bertz CT molecular complexity index is 558. The molecule has 0 aliphatic carbocycles. The van der Waals surface area contributed by atoms with E-state index in [2.05, 4.69) is 9.46 Å². The van der Waals surface area contributed by atoms with Crippen molar-refractivity contribution >= 4 is 16.0 Å². The SMILES string of the molecule is Cc1ccc(S(=O)(=O)NCCOCC(=O)O)cc1F. The molecule has 0 fully saturated rings. The van der Waals surface area contributed by atoms with Crippen LogP contribution in [-0.4, -0.2) is 39.3 Å². The maximum Gasteiger partial charge on any atom is 0.329 e. The highest BCUT2D eigenvalue weighted by Crippen LogP contribution is 2.13. The third kappa shape index (κ3) is 4.93. The number of carboxylic acids is 1. The molecule has 0 amide bonds. The minimum absolute atomic E-state index is 0.0835. The number of ether oxygens (including phenoxy) is 1. The summed E-state index contributed by atoms with van der Waals surface area (Å²) in [5.74, 6) is -1.74. The van der Waals surface area contributed by atoms with E-state index in [4.69, 9.17) is 5.11 Å². The number of aliphatic carboxylic acids is 1. The summed E-state index contributed by atoms with van der Waals surface area (Å²) in [6.45, 7) is 0.852. The summed E-state index contributed by atoms with van der Waals surface area (Å²) < 4.78 is 43.6. The molecule has 0 radical (unpaired) electrons. The molecule has 0 saturated heterocycles. The molecular formula is C11H14FNO5S. The number of sulfonamides is 1. The van der Waals surface area contributed by atoms with Gasteiger partial charge in [-0.1, -0.05) is 6.07 Å². The molecule has 1 rings (SSSR count). The van der Waals surface area contributed by atoms with Crippen LogP contribution in [0.25, 0.3) is 0 Å². The lowest BCUT2D eigenvalue weighted by Crippen LogP contribution is -2.28. The second-order valence-corrected chi connectivity index (χ2v) is 5.52. The van der Waals surface area contributed by atoms with Crippen LogP contribution in [0, 0.1) is 12.7 Å². The molecule has 0 spiro atoms. The van der Waals surface area contributed by atoms with E-state index in [0.717, 1.165) is 6.07 Å². The maximum absolute atomic E-state index is 13.3. The quantitative estimate of drug-likeness (QED) is 0.714. The van der Waals surface area contributed by atoms with Gasteiger partial charge in [-0.2, -0.15) is 0 Å². The Balaban J connectivity index is 2.56. The van der Waals surface area contributed by atoms with Gasteiger partial charge in [0.05, 0.1) is 11.5 Å². The molecule has 0 aliphatic heterocycles. The molecule has 8 heteroatoms. The predicted molar refractivity (Wildman–Crippen MR) is 64.8 cm³/mol. The minimum Gasteiger partial charge on any atom is -0.480 e. The fourth-order valence-electron chi connectivity index (χ4n) is 1.23. The van der Waals surface area contributed by atoms with Crippen molar-refractivity contribution in [3.05, 3.63) is 29.6 Å². The Hall–Kier alpha value is -1.51. The van der Waals surface area contributed by atoms with Crippen LogP contribution in [0.2, 0.25) is 0 Å². The first kappa shape index (κ1) is 15.5. The average molecular weight is 291 g/mol. The molecule has 1 aromatic rings. The molecule has 0 unspecified atom stereocenters. The van der Waals surface area contributed by atoms with E-state index >= 15 is 0 Å². The first-order chi connectivity index (χ1) is 8.83. The van der Waals surface area contributed by atoms with Gasteiger partial charge in [-0.3, -0.25) is 0 Å². The number of halogens is 1. The molecule has 6 nitrogen and oxygen atoms in total. The van der Waals surface area contributed by atoms with Gasteiger partial charge < -0.3 is 9.84 Å². The number of carbonyl (C=O) groups is 1. The number of aryl methyl sites for hydroxylation is 1. The van der Waals surface area contributed by atoms with Crippen molar-refractivity contribution in [3.8, 4) is 0 Å². The Kier molecular flexibility index (Phi) is 5.40. The molecule has 0 aliphatic rings. The number of hydrogen-bond donors (Lipinski definition) is 2. The third-order valence-corrected chi connectivity index (χ3v) is 3.68. The van der Waals surface area contributed by atoms with E-state index in [1.165, 1.54) is 19.1 Å². The van der Waals surface area contributed by atoms with E-state index in [-0.39, 0.29) is 18.0 Å². The summed E-state index contributed by atoms with van der Waals surface area (Å²) in [7, 11) is -3.82. The van der Waals surface area contributed by atoms with E-state index in [9.17, 15) is 17.6 Å². The van der Waals surface area contributed by atoms with Crippen LogP contribution in [0.5, 0.6) is 0 Å². The zero-order valence-electron chi connectivity index (χ0n) is 10.2. The van der Waals surface area contributed by atoms with Crippen molar-refractivity contribution < 1.29 is 27.4 Å². The summed E-state index contributed by atoms with van der Waals surface area (Å²) in [4.78, 5) is 9.96. The predicted octanol–water partition coefficient (Wildman–Crippen LogP) is 0.514. The van der Waals surface area contributed by atoms with Gasteiger partial charge in [-0.15, -0.1) is 0 Å². The van der Waals surface area contributed by atoms with Crippen molar-refractivity contribution in [3.63, 3.8) is 0 Å². The van der Waals surface area contributed by atoms with E-state index in [1.807, 2.05) is 0 Å². The minimum atomic E-state index is -3.82. The summed E-state index contributed by atoms with van der Waals surface area (Å²) in [6.07, 6.45) is 0. The molecule has 106 valence electrons. The lowest BCUT2D eigenvalue weighted by Gasteiger charge is -2.07. The third-order valence-electron chi connectivity index (χ3n) is 2.22. The molecule has 0 heterocycles. The largest absolute Gasteiger partial charge is 0.480 e. The van der Waals surface area contributed by atoms with Crippen LogP contribution < -0.4 is 4.72 Å². The van der Waals surface area contributed by atoms with E-state index in [0.29, 0.717) is 5.56 Å². The monoisotopic (exact) mass is 291 g/mol. The van der Waals surface area contributed by atoms with Crippen molar-refractivity contribution in [1.82, 2.24) is 4.72 Å². The van der Waals surface area contributed by atoms with Gasteiger partial charge in [0.1, 0.15) is 12.4 Å². The van der Waals surface area contributed by atoms with E-state index in [1.54, 1.807) is 0 Å². The zero-order valence-corrected chi connectivity index (χ0v) is 11.0. The van der Waals surface area contributed by atoms with Gasteiger partial charge in [-0.05, 0) is 24.6 Å². The van der Waals surface area contributed by atoms with Gasteiger partial charge in [0, 0.05) is 6.54 Å². The fraction of sp³-hybridized carbons (Fsp3) is 0.364. The van der Waals surface area contributed by atoms with E-state index < -0.39 is 28.4 Å². The highest BCUT2D eigenvalue weighted by atomic mass is 32.2. The second kappa shape index (κ2) is 6.60. The number of benzene rings is 1. The molecule has 0 saturated carbocycles. The molecule has 2 N–H and O–H groups in total. The zero-order chi connectivity index (χ0) is 14.5. The van der Waals surface area contributed by atoms with Crippen molar-refractivity contribution in [1.29, 1.82) is 0 Å². The molecule has 0 atom stereocenters. The Morgan fingerprint density at radius 2 is 2.16 bits per heavy atom. The normalized spacial score (nSPS) is 11.5. The van der Waals surface area contributed by atoms with Crippen molar-refractivity contribution in [2.24, 2.45) is 0 Å².